The maximum absolute atomic E-state index is 13.8. The van der Waals surface area contributed by atoms with Crippen molar-refractivity contribution in [2.75, 3.05) is 6.61 Å². The summed E-state index contributed by atoms with van der Waals surface area (Å²) in [7, 11) is 0. The lowest BCUT2D eigenvalue weighted by molar-refractivity contribution is -0.147. The molecule has 9 aromatic rings. The zero-order chi connectivity index (χ0) is 31.6. The van der Waals surface area contributed by atoms with Crippen molar-refractivity contribution < 1.29 is 9.53 Å². The fourth-order valence-electron chi connectivity index (χ4n) is 8.03. The minimum atomic E-state index is -0.723. The van der Waals surface area contributed by atoms with Crippen LogP contribution in [0, 0.1) is 17.2 Å². The standard InChI is InChI=1S/C44H29NO2/c1-2-19-47-44(46)38(22-26-20-31-17-15-28-7-3-8-29-16-18-32(21-26)41(31)40(28)29)39(25-45)33-23-30-11-6-13-35-34-12-4-9-27-10-5-14-36(42(27)34)37(24-33)43(30)35/h2-18,20-21,23-24,38-39H,1,19,22H2. The summed E-state index contributed by atoms with van der Waals surface area (Å²) < 4.78 is 5.69. The molecule has 0 radical (unpaired) electrons. The Balaban J connectivity index is 1.22. The molecule has 0 amide bonds. The number of carbonyl (C=O) groups excluding carboxylic acids is 1. The van der Waals surface area contributed by atoms with E-state index in [0.717, 1.165) is 38.1 Å². The van der Waals surface area contributed by atoms with Gasteiger partial charge < -0.3 is 4.74 Å². The summed E-state index contributed by atoms with van der Waals surface area (Å²) >= 11 is 0. The highest BCUT2D eigenvalue weighted by Gasteiger charge is 2.32. The molecule has 0 saturated heterocycles. The van der Waals surface area contributed by atoms with Crippen molar-refractivity contribution in [2.24, 2.45) is 5.92 Å². The number of rotatable bonds is 7. The molecular weight excluding hydrogens is 574 g/mol. The van der Waals surface area contributed by atoms with Gasteiger partial charge in [0.2, 0.25) is 0 Å². The van der Waals surface area contributed by atoms with E-state index in [9.17, 15) is 10.1 Å². The summed E-state index contributed by atoms with van der Waals surface area (Å²) in [5, 5.41) is 27.3. The van der Waals surface area contributed by atoms with Gasteiger partial charge in [0, 0.05) is 0 Å². The average Bonchev–Trinajstić information content (AvgIpc) is 3.11. The lowest BCUT2D eigenvalue weighted by Crippen LogP contribution is -2.26. The van der Waals surface area contributed by atoms with E-state index < -0.39 is 17.8 Å². The fourth-order valence-corrected chi connectivity index (χ4v) is 8.03. The second kappa shape index (κ2) is 10.5. The van der Waals surface area contributed by atoms with Gasteiger partial charge in [0.05, 0.1) is 17.9 Å². The molecule has 0 N–H and O–H groups in total. The Morgan fingerprint density at radius 3 is 1.74 bits per heavy atom. The molecule has 0 heterocycles. The van der Waals surface area contributed by atoms with Crippen molar-refractivity contribution in [3.8, 4) is 6.07 Å². The predicted molar refractivity (Wildman–Crippen MR) is 195 cm³/mol. The summed E-state index contributed by atoms with van der Waals surface area (Å²) in [5.74, 6) is -1.83. The Kier molecular flexibility index (Phi) is 6.13. The lowest BCUT2D eigenvalue weighted by atomic mass is 9.80. The quantitative estimate of drug-likeness (QED) is 0.0788. The molecular formula is C44H29NO2. The summed E-state index contributed by atoms with van der Waals surface area (Å²) in [6, 6.07) is 45.4. The third kappa shape index (κ3) is 4.15. The Morgan fingerprint density at radius 2 is 1.13 bits per heavy atom. The molecule has 2 atom stereocenters. The summed E-state index contributed by atoms with van der Waals surface area (Å²) in [5.41, 5.74) is 1.82. The minimum absolute atomic E-state index is 0.0963. The zero-order valence-electron chi connectivity index (χ0n) is 25.7. The monoisotopic (exact) mass is 603 g/mol. The summed E-state index contributed by atoms with van der Waals surface area (Å²) in [6.45, 7) is 3.84. The van der Waals surface area contributed by atoms with Crippen molar-refractivity contribution >= 4 is 81.4 Å². The van der Waals surface area contributed by atoms with E-state index in [0.29, 0.717) is 6.42 Å². The van der Waals surface area contributed by atoms with Crippen LogP contribution in [0.2, 0.25) is 0 Å². The van der Waals surface area contributed by atoms with Crippen molar-refractivity contribution in [3.05, 3.63) is 145 Å². The largest absolute Gasteiger partial charge is 0.461 e. The number of nitrogens with zero attached hydrogens (tertiary/aromatic N) is 1. The smallest absolute Gasteiger partial charge is 0.311 e. The maximum Gasteiger partial charge on any atom is 0.311 e. The molecule has 47 heavy (non-hydrogen) atoms. The fraction of sp³-hybridized carbons (Fsp3) is 0.0909. The number of benzene rings is 9. The molecule has 3 heteroatoms. The molecule has 222 valence electrons. The van der Waals surface area contributed by atoms with Crippen LogP contribution in [0.5, 0.6) is 0 Å². The number of ether oxygens (including phenoxy) is 1. The summed E-state index contributed by atoms with van der Waals surface area (Å²) in [6.07, 6.45) is 1.94. The number of nitriles is 1. The van der Waals surface area contributed by atoms with E-state index in [1.165, 1.54) is 48.5 Å². The van der Waals surface area contributed by atoms with Crippen LogP contribution in [0.1, 0.15) is 17.0 Å². The second-order valence-electron chi connectivity index (χ2n) is 12.6. The Labute approximate surface area is 271 Å². The molecule has 0 aliphatic carbocycles. The first-order valence-electron chi connectivity index (χ1n) is 16.1. The number of fused-ring (bicyclic) bond motifs is 2. The number of hydrogen-bond acceptors (Lipinski definition) is 3. The van der Waals surface area contributed by atoms with Crippen LogP contribution in [0.15, 0.2) is 134 Å². The SMILES string of the molecule is C=CCOC(=O)C(Cc1cc2ccc3cccc4ccc(c1)c2c34)C(C#N)c1cc2cccc3c4cccc5cccc(c(c1)c23)c54. The van der Waals surface area contributed by atoms with Gasteiger partial charge in [-0.3, -0.25) is 4.79 Å². The van der Waals surface area contributed by atoms with Gasteiger partial charge in [-0.2, -0.15) is 5.26 Å². The topological polar surface area (TPSA) is 50.1 Å². The van der Waals surface area contributed by atoms with Crippen molar-refractivity contribution in [1.29, 1.82) is 5.26 Å². The van der Waals surface area contributed by atoms with Gasteiger partial charge in [0.15, 0.2) is 0 Å². The van der Waals surface area contributed by atoms with E-state index in [2.05, 4.69) is 134 Å². The van der Waals surface area contributed by atoms with Crippen LogP contribution >= 0.6 is 0 Å². The van der Waals surface area contributed by atoms with Gasteiger partial charge in [-0.15, -0.1) is 0 Å². The first kappa shape index (κ1) is 27.3. The van der Waals surface area contributed by atoms with Gasteiger partial charge >= 0.3 is 5.97 Å². The van der Waals surface area contributed by atoms with Gasteiger partial charge in [-0.25, -0.2) is 0 Å². The first-order valence-corrected chi connectivity index (χ1v) is 16.1. The molecule has 9 aromatic carbocycles. The highest BCUT2D eigenvalue weighted by Crippen LogP contribution is 2.43. The van der Waals surface area contributed by atoms with Crippen LogP contribution in [-0.2, 0) is 16.0 Å². The van der Waals surface area contributed by atoms with Crippen LogP contribution in [0.4, 0.5) is 0 Å². The number of carbonyl (C=O) groups is 1. The van der Waals surface area contributed by atoms with E-state index in [4.69, 9.17) is 4.74 Å². The van der Waals surface area contributed by atoms with Crippen LogP contribution in [0.3, 0.4) is 0 Å². The summed E-state index contributed by atoms with van der Waals surface area (Å²) in [4.78, 5) is 13.8. The Morgan fingerprint density at radius 1 is 0.638 bits per heavy atom. The van der Waals surface area contributed by atoms with E-state index >= 15 is 0 Å². The normalized spacial score (nSPS) is 13.3. The van der Waals surface area contributed by atoms with Gasteiger partial charge in [0.25, 0.3) is 0 Å². The van der Waals surface area contributed by atoms with Crippen LogP contribution in [0.25, 0.3) is 75.4 Å². The van der Waals surface area contributed by atoms with Gasteiger partial charge in [-0.1, -0.05) is 122 Å². The predicted octanol–water partition coefficient (Wildman–Crippen LogP) is 10.8. The molecule has 0 bridgehead atoms. The van der Waals surface area contributed by atoms with Gasteiger partial charge in [-0.05, 0) is 105 Å². The van der Waals surface area contributed by atoms with Gasteiger partial charge in [0.1, 0.15) is 6.61 Å². The molecule has 9 rings (SSSR count). The highest BCUT2D eigenvalue weighted by molar-refractivity contribution is 6.33. The highest BCUT2D eigenvalue weighted by atomic mass is 16.5. The lowest BCUT2D eigenvalue weighted by Gasteiger charge is -2.23. The van der Waals surface area contributed by atoms with E-state index in [-0.39, 0.29) is 6.61 Å². The Bertz CT molecular complexity index is 2660. The molecule has 0 saturated carbocycles. The van der Waals surface area contributed by atoms with Crippen molar-refractivity contribution in [1.82, 2.24) is 0 Å². The maximum atomic E-state index is 13.8. The number of hydrogen-bond donors (Lipinski definition) is 0. The second-order valence-corrected chi connectivity index (χ2v) is 12.6. The molecule has 0 aromatic heterocycles. The third-order valence-corrected chi connectivity index (χ3v) is 10.0. The molecule has 0 aliphatic heterocycles. The molecule has 0 aliphatic rings. The number of esters is 1. The zero-order valence-corrected chi connectivity index (χ0v) is 25.7. The molecule has 0 fully saturated rings. The van der Waals surface area contributed by atoms with Crippen molar-refractivity contribution in [2.45, 2.75) is 12.3 Å². The van der Waals surface area contributed by atoms with Crippen molar-refractivity contribution in [3.63, 3.8) is 0 Å². The molecule has 0 spiro atoms. The first-order chi connectivity index (χ1) is 23.1. The third-order valence-electron chi connectivity index (χ3n) is 10.0. The van der Waals surface area contributed by atoms with E-state index in [1.807, 2.05) is 0 Å². The minimum Gasteiger partial charge on any atom is -0.461 e. The van der Waals surface area contributed by atoms with E-state index in [1.54, 1.807) is 6.08 Å². The Hall–Kier alpha value is -5.98. The molecule has 3 nitrogen and oxygen atoms in total. The van der Waals surface area contributed by atoms with Crippen LogP contribution < -0.4 is 0 Å². The average molecular weight is 604 g/mol. The molecule has 2 unspecified atom stereocenters. The van der Waals surface area contributed by atoms with Crippen LogP contribution in [-0.4, -0.2) is 12.6 Å².